The van der Waals surface area contributed by atoms with Crippen LogP contribution in [0.5, 0.6) is 0 Å². The van der Waals surface area contributed by atoms with Crippen molar-refractivity contribution in [3.05, 3.63) is 52.7 Å². The molecule has 0 amide bonds. The maximum Gasteiger partial charge on any atom is 0.417 e. The number of ether oxygens (including phenoxy) is 1. The fraction of sp³-hybridized carbons (Fsp3) is 0.478. The fourth-order valence-electron chi connectivity index (χ4n) is 4.53. The summed E-state index contributed by atoms with van der Waals surface area (Å²) < 4.78 is 61.2. The fourth-order valence-corrected chi connectivity index (χ4v) is 5.09. The average Bonchev–Trinajstić information content (AvgIpc) is 3.33. The highest BCUT2D eigenvalue weighted by Crippen LogP contribution is 2.43. The number of rotatable bonds is 4. The van der Waals surface area contributed by atoms with Gasteiger partial charge in [0, 0.05) is 24.4 Å². The Bertz CT molecular complexity index is 1100. The number of thiocarbonyl (C=S) groups is 1. The summed E-state index contributed by atoms with van der Waals surface area (Å²) in [6.45, 7) is 4.83. The largest absolute Gasteiger partial charge is 0.490 e. The van der Waals surface area contributed by atoms with E-state index in [9.17, 15) is 22.7 Å². The summed E-state index contributed by atoms with van der Waals surface area (Å²) in [6, 6.07) is 4.69. The van der Waals surface area contributed by atoms with Crippen LogP contribution in [0.15, 0.2) is 41.6 Å². The molecule has 2 saturated heterocycles. The normalized spacial score (nSPS) is 25.0. The molecular weight excluding hydrogens is 472 g/mol. The van der Waals surface area contributed by atoms with Gasteiger partial charge in [0.05, 0.1) is 22.7 Å². The van der Waals surface area contributed by atoms with Gasteiger partial charge in [-0.05, 0) is 69.7 Å². The highest BCUT2D eigenvalue weighted by atomic mass is 32.1. The second kappa shape index (κ2) is 8.83. The van der Waals surface area contributed by atoms with Gasteiger partial charge in [0.1, 0.15) is 11.9 Å². The van der Waals surface area contributed by atoms with Crippen molar-refractivity contribution in [2.24, 2.45) is 0 Å². The molecule has 1 aromatic rings. The highest BCUT2D eigenvalue weighted by molar-refractivity contribution is 7.80. The first-order chi connectivity index (χ1) is 15.9. The topological polar surface area (TPSA) is 71.8 Å². The predicted octanol–water partition coefficient (Wildman–Crippen LogP) is 4.32. The molecule has 182 valence electrons. The first-order valence-electron chi connectivity index (χ1n) is 10.8. The lowest BCUT2D eigenvalue weighted by Crippen LogP contribution is -2.46. The van der Waals surface area contributed by atoms with Crippen LogP contribution in [0.3, 0.4) is 0 Å². The van der Waals surface area contributed by atoms with Gasteiger partial charge >= 0.3 is 6.18 Å². The molecule has 0 radical (unpaired) electrons. The lowest BCUT2D eigenvalue weighted by Gasteiger charge is -2.36. The molecule has 4 rings (SSSR count). The van der Waals surface area contributed by atoms with Crippen LogP contribution >= 0.6 is 12.2 Å². The molecule has 0 saturated carbocycles. The number of aliphatic hydroxyl groups is 1. The quantitative estimate of drug-likeness (QED) is 0.475. The number of allylic oxidation sites excluding steroid dienone is 4. The second-order valence-electron chi connectivity index (χ2n) is 8.99. The van der Waals surface area contributed by atoms with E-state index in [0.717, 1.165) is 25.1 Å². The number of nitrogens with one attached hydrogen (secondary N) is 1. The number of benzene rings is 1. The van der Waals surface area contributed by atoms with Gasteiger partial charge in [-0.1, -0.05) is 0 Å². The molecule has 0 bridgehead atoms. The molecule has 0 unspecified atom stereocenters. The summed E-state index contributed by atoms with van der Waals surface area (Å²) in [5.41, 5.74) is -2.23. The van der Waals surface area contributed by atoms with E-state index >= 15 is 0 Å². The van der Waals surface area contributed by atoms with E-state index in [2.05, 4.69) is 5.32 Å². The van der Waals surface area contributed by atoms with Gasteiger partial charge in [0.15, 0.2) is 17.2 Å². The molecule has 1 aromatic carbocycles. The highest BCUT2D eigenvalue weighted by Gasteiger charge is 2.51. The van der Waals surface area contributed by atoms with Crippen molar-refractivity contribution in [3.63, 3.8) is 0 Å². The summed E-state index contributed by atoms with van der Waals surface area (Å²) >= 11 is 5.56. The van der Waals surface area contributed by atoms with E-state index < -0.39 is 34.9 Å². The van der Waals surface area contributed by atoms with E-state index in [1.54, 1.807) is 18.7 Å². The van der Waals surface area contributed by atoms with Crippen LogP contribution in [-0.4, -0.2) is 46.1 Å². The van der Waals surface area contributed by atoms with Crippen LogP contribution in [0.4, 0.5) is 23.2 Å². The maximum absolute atomic E-state index is 14.9. The molecule has 1 aliphatic carbocycles. The third-order valence-corrected chi connectivity index (χ3v) is 6.72. The Kier molecular flexibility index (Phi) is 6.35. The van der Waals surface area contributed by atoms with E-state index in [-0.39, 0.29) is 22.7 Å². The maximum atomic E-state index is 14.9. The van der Waals surface area contributed by atoms with Gasteiger partial charge in [-0.15, -0.1) is 0 Å². The average molecular weight is 497 g/mol. The number of hydrogen-bond donors (Lipinski definition) is 2. The Hall–Kier alpha value is -2.68. The van der Waals surface area contributed by atoms with Gasteiger partial charge in [0.2, 0.25) is 0 Å². The number of hydrogen-bond acceptors (Lipinski definition) is 5. The molecule has 2 atom stereocenters. The molecule has 6 nitrogen and oxygen atoms in total. The zero-order valence-electron chi connectivity index (χ0n) is 18.6. The van der Waals surface area contributed by atoms with Crippen LogP contribution in [0.2, 0.25) is 0 Å². The Morgan fingerprint density at radius 2 is 2.03 bits per heavy atom. The van der Waals surface area contributed by atoms with Crippen LogP contribution in [0.1, 0.15) is 44.2 Å². The lowest BCUT2D eigenvalue weighted by molar-refractivity contribution is -0.137. The summed E-state index contributed by atoms with van der Waals surface area (Å²) in [5.74, 6) is -0.267. The number of anilines is 1. The number of aliphatic hydroxyl groups excluding tert-OH is 1. The third kappa shape index (κ3) is 4.26. The second-order valence-corrected chi connectivity index (χ2v) is 9.36. The first kappa shape index (κ1) is 24.4. The van der Waals surface area contributed by atoms with E-state index in [1.165, 1.54) is 23.1 Å². The zero-order valence-corrected chi connectivity index (χ0v) is 19.4. The Balaban J connectivity index is 1.66. The molecule has 2 heterocycles. The van der Waals surface area contributed by atoms with E-state index in [1.807, 2.05) is 0 Å². The SMILES string of the molecule is CC1(C)[C@H](O)N(c2ccc(C#N)c(C(F)(F)F)c2)C(=S)N1C1=CC(F)=C(O[C@H]2CCNC2)CC1. The van der Waals surface area contributed by atoms with Gasteiger partial charge in [0.25, 0.3) is 0 Å². The number of alkyl halides is 3. The molecule has 0 spiro atoms. The lowest BCUT2D eigenvalue weighted by atomic mass is 9.98. The minimum absolute atomic E-state index is 0.00965. The summed E-state index contributed by atoms with van der Waals surface area (Å²) in [6.07, 6.45) is -3.37. The minimum Gasteiger partial charge on any atom is -0.490 e. The van der Waals surface area contributed by atoms with Gasteiger partial charge in [-0.3, -0.25) is 4.90 Å². The standard InChI is InChI=1S/C23H24F4N4O2S/c1-22(2)20(32)30(14-4-3-13(11-28)17(9-14)23(25,26)27)21(34)31(22)15-5-6-19(18(24)10-15)33-16-7-8-29-12-16/h3-4,9-10,16,20,29,32H,5-8,12H2,1-2H3/t16-,20-/m0/s1. The van der Waals surface area contributed by atoms with Crippen LogP contribution < -0.4 is 10.2 Å². The zero-order chi connectivity index (χ0) is 24.8. The molecule has 11 heteroatoms. The Labute approximate surface area is 200 Å². The molecule has 3 aliphatic rings. The number of nitriles is 1. The van der Waals surface area contributed by atoms with E-state index in [4.69, 9.17) is 22.2 Å². The molecule has 0 aromatic heterocycles. The van der Waals surface area contributed by atoms with Gasteiger partial charge in [-0.2, -0.15) is 18.4 Å². The smallest absolute Gasteiger partial charge is 0.417 e. The van der Waals surface area contributed by atoms with Crippen molar-refractivity contribution >= 4 is 23.0 Å². The summed E-state index contributed by atoms with van der Waals surface area (Å²) in [5, 5.41) is 23.3. The van der Waals surface area contributed by atoms with Crippen molar-refractivity contribution in [1.29, 1.82) is 5.26 Å². The molecule has 2 aliphatic heterocycles. The first-order valence-corrected chi connectivity index (χ1v) is 11.3. The van der Waals surface area contributed by atoms with Gasteiger partial charge in [-0.25, -0.2) is 4.39 Å². The summed E-state index contributed by atoms with van der Waals surface area (Å²) in [7, 11) is 0. The number of nitrogens with zero attached hydrogens (tertiary/aromatic N) is 3. The van der Waals surface area contributed by atoms with Crippen molar-refractivity contribution < 1.29 is 27.4 Å². The van der Waals surface area contributed by atoms with Crippen LogP contribution in [-0.2, 0) is 10.9 Å². The van der Waals surface area contributed by atoms with Crippen molar-refractivity contribution in [2.75, 3.05) is 18.0 Å². The molecule has 2 N–H and O–H groups in total. The van der Waals surface area contributed by atoms with Crippen molar-refractivity contribution in [2.45, 2.75) is 57.2 Å². The predicted molar refractivity (Wildman–Crippen MR) is 121 cm³/mol. The molecule has 34 heavy (non-hydrogen) atoms. The van der Waals surface area contributed by atoms with Crippen molar-refractivity contribution in [1.82, 2.24) is 10.2 Å². The Morgan fingerprint density at radius 1 is 1.29 bits per heavy atom. The third-order valence-electron chi connectivity index (χ3n) is 6.34. The molecule has 2 fully saturated rings. The van der Waals surface area contributed by atoms with Crippen LogP contribution in [0.25, 0.3) is 0 Å². The monoisotopic (exact) mass is 496 g/mol. The van der Waals surface area contributed by atoms with Crippen molar-refractivity contribution in [3.8, 4) is 6.07 Å². The minimum atomic E-state index is -4.76. The molecular formula is C23H24F4N4O2S. The summed E-state index contributed by atoms with van der Waals surface area (Å²) in [4.78, 5) is 2.77. The van der Waals surface area contributed by atoms with Gasteiger partial charge < -0.3 is 20.1 Å². The number of halogens is 4. The Morgan fingerprint density at radius 3 is 2.62 bits per heavy atom. The van der Waals surface area contributed by atoms with Crippen LogP contribution in [0, 0.1) is 11.3 Å². The van der Waals surface area contributed by atoms with E-state index in [0.29, 0.717) is 25.1 Å².